The van der Waals surface area contributed by atoms with Crippen LogP contribution in [0.4, 0.5) is 31.1 Å². The molecule has 238 valence electrons. The average molecular weight is 627 g/mol. The van der Waals surface area contributed by atoms with Gasteiger partial charge in [0, 0.05) is 19.5 Å². The molecule has 3 fully saturated rings. The van der Waals surface area contributed by atoms with Crippen molar-refractivity contribution in [2.24, 2.45) is 5.92 Å². The quantitative estimate of drug-likeness (QED) is 0.456. The van der Waals surface area contributed by atoms with E-state index in [2.05, 4.69) is 5.32 Å². The molecule has 3 aliphatic heterocycles. The van der Waals surface area contributed by atoms with Crippen LogP contribution in [0.1, 0.15) is 47.9 Å². The third-order valence-electron chi connectivity index (χ3n) is 8.27. The predicted octanol–water partition coefficient (Wildman–Crippen LogP) is 5.02. The molecule has 0 saturated carbocycles. The first kappa shape index (κ1) is 31.6. The van der Waals surface area contributed by atoms with E-state index in [0.717, 1.165) is 24.9 Å². The molecule has 3 heterocycles. The number of piperidine rings is 1. The Kier molecular flexibility index (Phi) is 9.10. The van der Waals surface area contributed by atoms with E-state index in [0.29, 0.717) is 25.1 Å². The molecule has 8 nitrogen and oxygen atoms in total. The topological polar surface area (TPSA) is 82.2 Å². The molecular formula is C30H32F6N4O4. The number of ether oxygens (including phenoxy) is 1. The number of halogens is 6. The van der Waals surface area contributed by atoms with E-state index < -0.39 is 54.0 Å². The van der Waals surface area contributed by atoms with Crippen molar-refractivity contribution in [1.82, 2.24) is 20.0 Å². The maximum Gasteiger partial charge on any atom is 0.416 e. The summed E-state index contributed by atoms with van der Waals surface area (Å²) in [4.78, 5) is 44.6. The Balaban J connectivity index is 1.39. The Bertz CT molecular complexity index is 1330. The van der Waals surface area contributed by atoms with Gasteiger partial charge in [-0.1, -0.05) is 30.3 Å². The number of carbonyl (C=O) groups is 3. The molecule has 3 aliphatic rings. The van der Waals surface area contributed by atoms with Gasteiger partial charge in [-0.2, -0.15) is 26.3 Å². The maximum absolute atomic E-state index is 13.8. The van der Waals surface area contributed by atoms with Crippen molar-refractivity contribution < 1.29 is 45.5 Å². The number of fused-ring (bicyclic) bond motifs is 1. The van der Waals surface area contributed by atoms with E-state index >= 15 is 0 Å². The molecule has 5 rings (SSSR count). The molecule has 3 saturated heterocycles. The fraction of sp³-hybridized carbons (Fsp3) is 0.500. The highest BCUT2D eigenvalue weighted by Gasteiger charge is 2.49. The summed E-state index contributed by atoms with van der Waals surface area (Å²) >= 11 is 0. The van der Waals surface area contributed by atoms with Crippen molar-refractivity contribution in [3.05, 3.63) is 70.8 Å². The van der Waals surface area contributed by atoms with Crippen LogP contribution < -0.4 is 5.32 Å². The number of nitrogens with zero attached hydrogens (tertiary/aromatic N) is 3. The van der Waals surface area contributed by atoms with Gasteiger partial charge in [0.05, 0.1) is 17.7 Å². The minimum absolute atomic E-state index is 0.00177. The molecule has 2 aromatic rings. The Morgan fingerprint density at radius 3 is 2.25 bits per heavy atom. The molecule has 0 aromatic heterocycles. The zero-order chi connectivity index (χ0) is 31.6. The zero-order valence-electron chi connectivity index (χ0n) is 23.7. The van der Waals surface area contributed by atoms with E-state index in [-0.39, 0.29) is 49.9 Å². The van der Waals surface area contributed by atoms with Gasteiger partial charge in [0.15, 0.2) is 0 Å². The summed E-state index contributed by atoms with van der Waals surface area (Å²) in [5, 5.41) is 3.31. The minimum Gasteiger partial charge on any atom is -0.444 e. The average Bonchev–Trinajstić information content (AvgIpc) is 2.98. The minimum atomic E-state index is -5.05. The van der Waals surface area contributed by atoms with E-state index in [1.165, 1.54) is 9.80 Å². The Morgan fingerprint density at radius 2 is 1.64 bits per heavy atom. The van der Waals surface area contributed by atoms with Crippen molar-refractivity contribution in [2.45, 2.75) is 63.4 Å². The summed E-state index contributed by atoms with van der Waals surface area (Å²) in [6.07, 6.45) is -9.97. The first-order valence-electron chi connectivity index (χ1n) is 14.4. The molecule has 14 heteroatoms. The maximum atomic E-state index is 13.8. The number of rotatable bonds is 6. The number of alkyl halides is 6. The molecule has 3 atom stereocenters. The fourth-order valence-corrected chi connectivity index (χ4v) is 6.14. The lowest BCUT2D eigenvalue weighted by Crippen LogP contribution is -2.71. The monoisotopic (exact) mass is 626 g/mol. The number of benzene rings is 2. The van der Waals surface area contributed by atoms with Crippen molar-refractivity contribution >= 4 is 17.9 Å². The van der Waals surface area contributed by atoms with Crippen LogP contribution in [-0.2, 0) is 39.8 Å². The molecule has 3 unspecified atom stereocenters. The van der Waals surface area contributed by atoms with Gasteiger partial charge in [0.1, 0.15) is 18.8 Å². The highest BCUT2D eigenvalue weighted by atomic mass is 19.4. The van der Waals surface area contributed by atoms with E-state index in [9.17, 15) is 40.7 Å². The summed E-state index contributed by atoms with van der Waals surface area (Å²) in [6.45, 7) is 0.794. The lowest BCUT2D eigenvalue weighted by Gasteiger charge is -2.52. The molecule has 0 bridgehead atoms. The van der Waals surface area contributed by atoms with E-state index in [1.807, 2.05) is 30.3 Å². The Morgan fingerprint density at radius 1 is 0.955 bits per heavy atom. The molecule has 44 heavy (non-hydrogen) atoms. The largest absolute Gasteiger partial charge is 0.444 e. The van der Waals surface area contributed by atoms with Crippen LogP contribution in [0.15, 0.2) is 48.5 Å². The lowest BCUT2D eigenvalue weighted by atomic mass is 9.89. The van der Waals surface area contributed by atoms with Gasteiger partial charge in [-0.3, -0.25) is 14.5 Å². The van der Waals surface area contributed by atoms with Gasteiger partial charge in [-0.05, 0) is 67.6 Å². The van der Waals surface area contributed by atoms with Crippen molar-refractivity contribution in [3.63, 3.8) is 0 Å². The second-order valence-corrected chi connectivity index (χ2v) is 11.4. The second-order valence-electron chi connectivity index (χ2n) is 11.4. The van der Waals surface area contributed by atoms with E-state index in [4.69, 9.17) is 4.74 Å². The van der Waals surface area contributed by atoms with Crippen LogP contribution in [0, 0.1) is 5.92 Å². The summed E-state index contributed by atoms with van der Waals surface area (Å²) < 4.78 is 85.2. The summed E-state index contributed by atoms with van der Waals surface area (Å²) in [7, 11) is 0. The number of hydrogen-bond acceptors (Lipinski definition) is 5. The van der Waals surface area contributed by atoms with Gasteiger partial charge in [-0.15, -0.1) is 0 Å². The Hall–Kier alpha value is -3.81. The number of amides is 3. The molecular weight excluding hydrogens is 594 g/mol. The molecule has 0 spiro atoms. The third kappa shape index (κ3) is 7.11. The lowest BCUT2D eigenvalue weighted by molar-refractivity contribution is -0.169. The van der Waals surface area contributed by atoms with Crippen molar-refractivity contribution in [2.75, 3.05) is 26.2 Å². The molecule has 1 N–H and O–H groups in total. The SMILES string of the molecule is O=C1C(CC2CCCNC2)N2C(=O)CCN(C(=O)OCc3cc(C(F)(F)F)cc(C(F)(F)F)c3)C2CN1Cc1ccccc1. The molecule has 0 radical (unpaired) electrons. The summed E-state index contributed by atoms with van der Waals surface area (Å²) in [5.74, 6) is -0.440. The smallest absolute Gasteiger partial charge is 0.416 e. The number of carbonyl (C=O) groups excluding carboxylic acids is 3. The second kappa shape index (κ2) is 12.7. The molecule has 2 aromatic carbocycles. The number of nitrogens with one attached hydrogen (secondary N) is 1. The molecule has 3 amide bonds. The van der Waals surface area contributed by atoms with Crippen LogP contribution in [0.5, 0.6) is 0 Å². The van der Waals surface area contributed by atoms with Gasteiger partial charge < -0.3 is 19.9 Å². The number of piperazine rings is 1. The van der Waals surface area contributed by atoms with Gasteiger partial charge in [0.25, 0.3) is 0 Å². The van der Waals surface area contributed by atoms with Crippen LogP contribution in [0.2, 0.25) is 0 Å². The molecule has 0 aliphatic carbocycles. The summed E-state index contributed by atoms with van der Waals surface area (Å²) in [5.41, 5.74) is -2.68. The summed E-state index contributed by atoms with van der Waals surface area (Å²) in [6, 6.07) is 9.35. The zero-order valence-corrected chi connectivity index (χ0v) is 23.7. The van der Waals surface area contributed by atoms with Crippen molar-refractivity contribution in [1.29, 1.82) is 0 Å². The normalized spacial score (nSPS) is 23.0. The Labute approximate surface area is 249 Å². The first-order chi connectivity index (χ1) is 20.8. The highest BCUT2D eigenvalue weighted by Crippen LogP contribution is 2.37. The van der Waals surface area contributed by atoms with Crippen LogP contribution in [0.25, 0.3) is 0 Å². The third-order valence-corrected chi connectivity index (χ3v) is 8.27. The van der Waals surface area contributed by atoms with E-state index in [1.54, 1.807) is 4.90 Å². The number of hydrogen-bond donors (Lipinski definition) is 1. The van der Waals surface area contributed by atoms with Crippen LogP contribution in [0.3, 0.4) is 0 Å². The highest BCUT2D eigenvalue weighted by molar-refractivity contribution is 5.90. The van der Waals surface area contributed by atoms with Gasteiger partial charge in [-0.25, -0.2) is 4.79 Å². The van der Waals surface area contributed by atoms with Crippen molar-refractivity contribution in [3.8, 4) is 0 Å². The standard InChI is InChI=1S/C30H32F6N4O4/c31-29(32,33)22-11-21(12-23(14-22)30(34,35)36)18-44-28(43)39-10-8-26(41)40-24(13-20-7-4-9-37-15-20)27(42)38(17-25(39)40)16-19-5-2-1-3-6-19/h1-3,5-6,11-12,14,20,24-25,37H,4,7-10,13,15-18H2. The van der Waals surface area contributed by atoms with Gasteiger partial charge >= 0.3 is 18.4 Å². The van der Waals surface area contributed by atoms with Crippen LogP contribution >= 0.6 is 0 Å². The van der Waals surface area contributed by atoms with Crippen LogP contribution in [-0.4, -0.2) is 71.0 Å². The fourth-order valence-electron chi connectivity index (χ4n) is 6.14. The predicted molar refractivity (Wildman–Crippen MR) is 144 cm³/mol. The van der Waals surface area contributed by atoms with Gasteiger partial charge in [0.2, 0.25) is 11.8 Å². The first-order valence-corrected chi connectivity index (χ1v) is 14.4.